The molecule has 0 spiro atoms. The zero-order valence-corrected chi connectivity index (χ0v) is 15.0. The summed E-state index contributed by atoms with van der Waals surface area (Å²) in [6.07, 6.45) is -0.501. The normalized spacial score (nSPS) is 32.8. The van der Waals surface area contributed by atoms with Crippen molar-refractivity contribution in [1.29, 1.82) is 0 Å². The number of hydroxylamine groups is 1. The number of benzene rings is 2. The van der Waals surface area contributed by atoms with E-state index in [0.29, 0.717) is 6.42 Å². The predicted molar refractivity (Wildman–Crippen MR) is 95.5 cm³/mol. The van der Waals surface area contributed by atoms with Crippen molar-refractivity contribution in [2.24, 2.45) is 5.92 Å². The fraction of sp³-hybridized carbons (Fsp3) is 0.333. The van der Waals surface area contributed by atoms with Crippen molar-refractivity contribution >= 4 is 17.6 Å². The van der Waals surface area contributed by atoms with E-state index in [0.717, 1.165) is 16.8 Å². The third-order valence-electron chi connectivity index (χ3n) is 6.14. The lowest BCUT2D eigenvalue weighted by atomic mass is 9.66. The van der Waals surface area contributed by atoms with E-state index >= 15 is 0 Å². The summed E-state index contributed by atoms with van der Waals surface area (Å²) in [6, 6.07) is 17.4. The highest BCUT2D eigenvalue weighted by molar-refractivity contribution is 5.92. The Morgan fingerprint density at radius 3 is 2.56 bits per heavy atom. The van der Waals surface area contributed by atoms with E-state index in [1.807, 2.05) is 61.5 Å². The summed E-state index contributed by atoms with van der Waals surface area (Å²) in [7, 11) is 1.30. The fourth-order valence-electron chi connectivity index (χ4n) is 5.17. The van der Waals surface area contributed by atoms with Crippen LogP contribution in [0.4, 0.5) is 5.69 Å². The number of para-hydroxylation sites is 1. The van der Waals surface area contributed by atoms with Crippen molar-refractivity contribution in [3.05, 3.63) is 65.7 Å². The van der Waals surface area contributed by atoms with Gasteiger partial charge in [-0.25, -0.2) is 9.86 Å². The van der Waals surface area contributed by atoms with Crippen molar-refractivity contribution in [2.75, 3.05) is 12.2 Å². The van der Waals surface area contributed by atoms with Crippen LogP contribution in [-0.4, -0.2) is 25.2 Å². The molecule has 5 rings (SSSR count). The average Bonchev–Trinajstić information content (AvgIpc) is 3.29. The highest BCUT2D eigenvalue weighted by atomic mass is 16.7. The number of hydrogen-bond donors (Lipinski definition) is 0. The number of nitrogens with zero attached hydrogens (tertiary/aromatic N) is 1. The van der Waals surface area contributed by atoms with E-state index in [9.17, 15) is 9.59 Å². The van der Waals surface area contributed by atoms with Crippen molar-refractivity contribution in [1.82, 2.24) is 0 Å². The van der Waals surface area contributed by atoms with E-state index in [1.165, 1.54) is 7.11 Å². The molecular formula is C21H19NO5. The Hall–Kier alpha value is -2.86. The van der Waals surface area contributed by atoms with Crippen LogP contribution >= 0.6 is 0 Å². The molecule has 27 heavy (non-hydrogen) atoms. The number of fused-ring (bicyclic) bond motifs is 3. The topological polar surface area (TPSA) is 65.1 Å². The summed E-state index contributed by atoms with van der Waals surface area (Å²) < 4.78 is 11.0. The summed E-state index contributed by atoms with van der Waals surface area (Å²) in [4.78, 5) is 31.7. The van der Waals surface area contributed by atoms with Crippen LogP contribution in [0.25, 0.3) is 0 Å². The van der Waals surface area contributed by atoms with Gasteiger partial charge in [0.25, 0.3) is 0 Å². The maximum absolute atomic E-state index is 13.1. The zero-order valence-electron chi connectivity index (χ0n) is 15.0. The molecule has 2 fully saturated rings. The quantitative estimate of drug-likeness (QED) is 0.779. The summed E-state index contributed by atoms with van der Waals surface area (Å²) >= 11 is 0. The van der Waals surface area contributed by atoms with Crippen LogP contribution in [0.1, 0.15) is 24.5 Å². The van der Waals surface area contributed by atoms with Gasteiger partial charge in [0.1, 0.15) is 5.92 Å². The standard InChI is InChI=1S/C21H19NO5/c1-3-20-14-11-7-8-12-15(14)22-21(20,13-9-5-4-6-10-13)16(18(23)26-20)17(27-22)19(24)25-2/h4-12,16-17H,3H2,1-2H3/t16-,17+,20-,21-/m0/s1. The Bertz CT molecular complexity index is 945. The molecule has 2 aromatic carbocycles. The molecule has 0 unspecified atom stereocenters. The predicted octanol–water partition coefficient (Wildman–Crippen LogP) is 2.67. The molecule has 2 saturated heterocycles. The molecule has 6 nitrogen and oxygen atoms in total. The van der Waals surface area contributed by atoms with Gasteiger partial charge in [-0.1, -0.05) is 55.5 Å². The van der Waals surface area contributed by atoms with Gasteiger partial charge in [-0.3, -0.25) is 9.63 Å². The van der Waals surface area contributed by atoms with Crippen molar-refractivity contribution < 1.29 is 23.9 Å². The summed E-state index contributed by atoms with van der Waals surface area (Å²) in [5.41, 5.74) is 0.700. The first-order chi connectivity index (χ1) is 13.1. The van der Waals surface area contributed by atoms with Crippen LogP contribution in [0.15, 0.2) is 54.6 Å². The van der Waals surface area contributed by atoms with E-state index in [2.05, 4.69) is 0 Å². The molecule has 3 aliphatic rings. The molecule has 0 amide bonds. The van der Waals surface area contributed by atoms with E-state index in [1.54, 1.807) is 5.06 Å². The number of methoxy groups -OCH3 is 1. The van der Waals surface area contributed by atoms with E-state index in [-0.39, 0.29) is 0 Å². The Morgan fingerprint density at radius 2 is 1.85 bits per heavy atom. The van der Waals surface area contributed by atoms with Gasteiger partial charge in [0.2, 0.25) is 0 Å². The lowest BCUT2D eigenvalue weighted by Crippen LogP contribution is -2.52. The van der Waals surface area contributed by atoms with Crippen molar-refractivity contribution in [3.63, 3.8) is 0 Å². The minimum Gasteiger partial charge on any atom is -0.467 e. The van der Waals surface area contributed by atoms with E-state index in [4.69, 9.17) is 14.3 Å². The zero-order chi connectivity index (χ0) is 18.8. The minimum absolute atomic E-state index is 0.437. The Morgan fingerprint density at radius 1 is 1.15 bits per heavy atom. The minimum atomic E-state index is -1.05. The molecule has 0 saturated carbocycles. The molecule has 3 heterocycles. The van der Waals surface area contributed by atoms with Crippen LogP contribution in [0, 0.1) is 5.92 Å². The van der Waals surface area contributed by atoms with Gasteiger partial charge in [-0.2, -0.15) is 0 Å². The number of hydrogen-bond acceptors (Lipinski definition) is 6. The van der Waals surface area contributed by atoms with Crippen LogP contribution in [0.3, 0.4) is 0 Å². The summed E-state index contributed by atoms with van der Waals surface area (Å²) in [5, 5.41) is 1.72. The monoisotopic (exact) mass is 365 g/mol. The Balaban J connectivity index is 1.87. The maximum Gasteiger partial charge on any atom is 0.338 e. The number of ether oxygens (including phenoxy) is 2. The van der Waals surface area contributed by atoms with E-state index < -0.39 is 35.1 Å². The third kappa shape index (κ3) is 1.65. The van der Waals surface area contributed by atoms with Crippen molar-refractivity contribution in [2.45, 2.75) is 30.6 Å². The van der Waals surface area contributed by atoms with Gasteiger partial charge in [-0.15, -0.1) is 0 Å². The Labute approximate surface area is 156 Å². The van der Waals surface area contributed by atoms with Gasteiger partial charge in [0, 0.05) is 5.56 Å². The second-order valence-corrected chi connectivity index (χ2v) is 7.07. The maximum atomic E-state index is 13.1. The molecular weight excluding hydrogens is 346 g/mol. The second-order valence-electron chi connectivity index (χ2n) is 7.07. The van der Waals surface area contributed by atoms with Crippen LogP contribution < -0.4 is 5.06 Å². The highest BCUT2D eigenvalue weighted by Crippen LogP contribution is 2.69. The van der Waals surface area contributed by atoms with Crippen LogP contribution in [0.2, 0.25) is 0 Å². The highest BCUT2D eigenvalue weighted by Gasteiger charge is 2.81. The number of esters is 2. The Kier molecular flexibility index (Phi) is 3.22. The first-order valence-electron chi connectivity index (χ1n) is 9.04. The largest absolute Gasteiger partial charge is 0.467 e. The van der Waals surface area contributed by atoms with Gasteiger partial charge in [-0.05, 0) is 18.1 Å². The molecule has 2 aromatic rings. The molecule has 138 valence electrons. The second kappa shape index (κ2) is 5.33. The SMILES string of the molecule is CC[C@]12OC(=O)[C@@H]3[C@H](C(=O)OC)ON(c4ccccc41)[C@@]32c1ccccc1. The molecule has 0 aromatic heterocycles. The molecule has 0 bridgehead atoms. The number of carbonyl (C=O) groups is 2. The average molecular weight is 365 g/mol. The van der Waals surface area contributed by atoms with Gasteiger partial charge >= 0.3 is 11.9 Å². The first-order valence-corrected chi connectivity index (χ1v) is 9.04. The fourth-order valence-corrected chi connectivity index (χ4v) is 5.17. The molecule has 0 radical (unpaired) electrons. The number of rotatable bonds is 3. The van der Waals surface area contributed by atoms with Crippen LogP contribution in [0.5, 0.6) is 0 Å². The molecule has 4 atom stereocenters. The number of anilines is 1. The van der Waals surface area contributed by atoms with Gasteiger partial charge in [0.15, 0.2) is 17.2 Å². The molecule has 3 aliphatic heterocycles. The van der Waals surface area contributed by atoms with Crippen LogP contribution in [-0.2, 0) is 35.0 Å². The summed E-state index contributed by atoms with van der Waals surface area (Å²) in [5.74, 6) is -1.83. The smallest absolute Gasteiger partial charge is 0.338 e. The summed E-state index contributed by atoms with van der Waals surface area (Å²) in [6.45, 7) is 1.99. The van der Waals surface area contributed by atoms with Gasteiger partial charge < -0.3 is 9.47 Å². The van der Waals surface area contributed by atoms with Crippen molar-refractivity contribution in [3.8, 4) is 0 Å². The first kappa shape index (κ1) is 16.3. The molecule has 0 aliphatic carbocycles. The molecule has 6 heteroatoms. The number of carbonyl (C=O) groups excluding carboxylic acids is 2. The van der Waals surface area contributed by atoms with Gasteiger partial charge in [0.05, 0.1) is 12.8 Å². The third-order valence-corrected chi connectivity index (χ3v) is 6.14. The lowest BCUT2D eigenvalue weighted by Gasteiger charge is -2.40. The molecule has 0 N–H and O–H groups in total. The lowest BCUT2D eigenvalue weighted by molar-refractivity contribution is -0.165.